The van der Waals surface area contributed by atoms with Crippen molar-refractivity contribution in [3.8, 4) is 0 Å². The predicted molar refractivity (Wildman–Crippen MR) is 110 cm³/mol. The molecule has 6 nitrogen and oxygen atoms in total. The molecule has 2 rings (SSSR count). The van der Waals surface area contributed by atoms with Crippen LogP contribution in [-0.2, 0) is 16.2 Å². The highest BCUT2D eigenvalue weighted by molar-refractivity contribution is 7.90. The molecule has 1 saturated heterocycles. The number of carbonyl (C=O) groups excluding carboxylic acids is 1. The number of sulfonamides is 1. The van der Waals surface area contributed by atoms with Crippen LogP contribution in [0.3, 0.4) is 0 Å². The van der Waals surface area contributed by atoms with E-state index in [9.17, 15) is 30.8 Å². The van der Waals surface area contributed by atoms with Gasteiger partial charge in [-0.1, -0.05) is 0 Å². The number of halogens is 4. The third kappa shape index (κ3) is 7.43. The summed E-state index contributed by atoms with van der Waals surface area (Å²) in [5.41, 5.74) is -1.57. The first kappa shape index (κ1) is 25.5. The largest absolute Gasteiger partial charge is 0.416 e. The van der Waals surface area contributed by atoms with Gasteiger partial charge in [0.05, 0.1) is 10.3 Å². The van der Waals surface area contributed by atoms with Crippen molar-refractivity contribution in [1.29, 1.82) is 0 Å². The molecule has 1 fully saturated rings. The van der Waals surface area contributed by atoms with Crippen LogP contribution in [-0.4, -0.2) is 56.7 Å². The zero-order valence-electron chi connectivity index (χ0n) is 17.9. The Bertz CT molecular complexity index is 875. The number of likely N-dealkylation sites (tertiary alicyclic amines) is 1. The SMILES string of the molecule is CC(C)(C)S(=O)(=O)NCCN1CCC(CNC(=O)c2cc(F)cc(C(F)(F)F)c2)CC1. The Kier molecular flexibility index (Phi) is 8.10. The van der Waals surface area contributed by atoms with Crippen LogP contribution in [0.5, 0.6) is 0 Å². The molecular formula is C20H29F4N3O3S. The molecule has 0 radical (unpaired) electrons. The number of rotatable bonds is 7. The molecule has 1 aliphatic rings. The van der Waals surface area contributed by atoms with Gasteiger partial charge in [0.15, 0.2) is 0 Å². The van der Waals surface area contributed by atoms with E-state index in [2.05, 4.69) is 14.9 Å². The van der Waals surface area contributed by atoms with Gasteiger partial charge in [-0.25, -0.2) is 17.5 Å². The minimum absolute atomic E-state index is 0.141. The molecule has 0 unspecified atom stereocenters. The number of alkyl halides is 3. The number of carbonyl (C=O) groups is 1. The Morgan fingerprint density at radius 3 is 2.29 bits per heavy atom. The van der Waals surface area contributed by atoms with Crippen LogP contribution in [0.4, 0.5) is 17.6 Å². The lowest BCUT2D eigenvalue weighted by atomic mass is 9.96. The maximum atomic E-state index is 13.5. The molecule has 0 bridgehead atoms. The van der Waals surface area contributed by atoms with Gasteiger partial charge in [-0.15, -0.1) is 0 Å². The Morgan fingerprint density at radius 1 is 1.13 bits per heavy atom. The van der Waals surface area contributed by atoms with Crippen LogP contribution in [0.1, 0.15) is 49.5 Å². The van der Waals surface area contributed by atoms with Crippen LogP contribution < -0.4 is 10.0 Å². The Morgan fingerprint density at radius 2 is 1.74 bits per heavy atom. The number of piperidine rings is 1. The summed E-state index contributed by atoms with van der Waals surface area (Å²) >= 11 is 0. The number of hydrogen-bond acceptors (Lipinski definition) is 4. The van der Waals surface area contributed by atoms with Crippen molar-refractivity contribution in [2.75, 3.05) is 32.7 Å². The maximum absolute atomic E-state index is 13.5. The van der Waals surface area contributed by atoms with Gasteiger partial charge in [0.2, 0.25) is 10.0 Å². The van der Waals surface area contributed by atoms with E-state index < -0.39 is 38.2 Å². The molecule has 0 aliphatic carbocycles. The average molecular weight is 468 g/mol. The van der Waals surface area contributed by atoms with Gasteiger partial charge in [0.1, 0.15) is 5.82 Å². The van der Waals surface area contributed by atoms with Crippen molar-refractivity contribution in [2.24, 2.45) is 5.92 Å². The van der Waals surface area contributed by atoms with Crippen molar-refractivity contribution in [3.05, 3.63) is 35.1 Å². The number of amides is 1. The molecule has 0 spiro atoms. The van der Waals surface area contributed by atoms with Crippen LogP contribution in [0.15, 0.2) is 18.2 Å². The third-order valence-electron chi connectivity index (χ3n) is 5.27. The normalized spacial score (nSPS) is 17.0. The smallest absolute Gasteiger partial charge is 0.352 e. The fourth-order valence-electron chi connectivity index (χ4n) is 3.19. The lowest BCUT2D eigenvalue weighted by Gasteiger charge is -2.32. The molecule has 176 valence electrons. The zero-order chi connectivity index (χ0) is 23.4. The summed E-state index contributed by atoms with van der Waals surface area (Å²) in [6, 6.07) is 1.78. The van der Waals surface area contributed by atoms with Crippen LogP contribution in [0.25, 0.3) is 0 Å². The molecule has 1 heterocycles. The number of benzene rings is 1. The van der Waals surface area contributed by atoms with Crippen molar-refractivity contribution in [3.63, 3.8) is 0 Å². The fraction of sp³-hybridized carbons (Fsp3) is 0.650. The fourth-order valence-corrected chi connectivity index (χ4v) is 3.99. The van der Waals surface area contributed by atoms with E-state index in [1.54, 1.807) is 20.8 Å². The first-order valence-electron chi connectivity index (χ1n) is 10.1. The second kappa shape index (κ2) is 9.83. The highest BCUT2D eigenvalue weighted by atomic mass is 32.2. The second-order valence-electron chi connectivity index (χ2n) is 8.73. The first-order chi connectivity index (χ1) is 14.2. The molecule has 2 N–H and O–H groups in total. The van der Waals surface area contributed by atoms with Gasteiger partial charge >= 0.3 is 6.18 Å². The summed E-state index contributed by atoms with van der Waals surface area (Å²) in [7, 11) is -3.39. The van der Waals surface area contributed by atoms with Crippen molar-refractivity contribution >= 4 is 15.9 Å². The minimum atomic E-state index is -4.73. The highest BCUT2D eigenvalue weighted by Crippen LogP contribution is 2.30. The van der Waals surface area contributed by atoms with Gasteiger partial charge in [0, 0.05) is 25.2 Å². The predicted octanol–water partition coefficient (Wildman–Crippen LogP) is 3.00. The quantitative estimate of drug-likeness (QED) is 0.605. The minimum Gasteiger partial charge on any atom is -0.352 e. The summed E-state index contributed by atoms with van der Waals surface area (Å²) in [6.07, 6.45) is -3.22. The van der Waals surface area contributed by atoms with Crippen LogP contribution >= 0.6 is 0 Å². The first-order valence-corrected chi connectivity index (χ1v) is 11.5. The highest BCUT2D eigenvalue weighted by Gasteiger charge is 2.32. The molecule has 0 saturated carbocycles. The van der Waals surface area contributed by atoms with Gasteiger partial charge in [-0.05, 0) is 70.8 Å². The van der Waals surface area contributed by atoms with Gasteiger partial charge in [-0.3, -0.25) is 4.79 Å². The summed E-state index contributed by atoms with van der Waals surface area (Å²) in [6.45, 7) is 7.47. The van der Waals surface area contributed by atoms with E-state index in [0.717, 1.165) is 32.0 Å². The Labute approximate surface area is 180 Å². The monoisotopic (exact) mass is 467 g/mol. The molecular weight excluding hydrogens is 438 g/mol. The Balaban J connectivity index is 1.77. The van der Waals surface area contributed by atoms with E-state index in [0.29, 0.717) is 25.2 Å². The van der Waals surface area contributed by atoms with Gasteiger partial charge < -0.3 is 10.2 Å². The van der Waals surface area contributed by atoms with Crippen molar-refractivity contribution in [1.82, 2.24) is 14.9 Å². The van der Waals surface area contributed by atoms with Crippen molar-refractivity contribution in [2.45, 2.75) is 44.5 Å². The maximum Gasteiger partial charge on any atom is 0.416 e. The van der Waals surface area contributed by atoms with Gasteiger partial charge in [0.25, 0.3) is 5.91 Å². The van der Waals surface area contributed by atoms with E-state index in [1.807, 2.05) is 0 Å². The van der Waals surface area contributed by atoms with E-state index >= 15 is 0 Å². The van der Waals surface area contributed by atoms with E-state index in [1.165, 1.54) is 0 Å². The van der Waals surface area contributed by atoms with E-state index in [-0.39, 0.29) is 18.0 Å². The molecule has 0 aromatic heterocycles. The standard InChI is InChI=1S/C20H29F4N3O3S/c1-19(2,3)31(29,30)26-6-9-27-7-4-14(5-8-27)13-25-18(28)15-10-16(20(22,23)24)12-17(21)11-15/h10-12,14,26H,4-9,13H2,1-3H3,(H,25,28). The lowest BCUT2D eigenvalue weighted by molar-refractivity contribution is -0.137. The summed E-state index contributed by atoms with van der Waals surface area (Å²) in [5.74, 6) is -1.72. The average Bonchev–Trinajstić information content (AvgIpc) is 2.65. The second-order valence-corrected chi connectivity index (χ2v) is 11.3. The van der Waals surface area contributed by atoms with Crippen molar-refractivity contribution < 1.29 is 30.8 Å². The lowest BCUT2D eigenvalue weighted by Crippen LogP contribution is -2.45. The molecule has 1 aliphatic heterocycles. The third-order valence-corrected chi connectivity index (χ3v) is 7.47. The summed E-state index contributed by atoms with van der Waals surface area (Å²) in [4.78, 5) is 14.3. The molecule has 31 heavy (non-hydrogen) atoms. The number of nitrogens with zero attached hydrogens (tertiary/aromatic N) is 1. The number of hydrogen-bond donors (Lipinski definition) is 2. The van der Waals surface area contributed by atoms with E-state index in [4.69, 9.17) is 0 Å². The van der Waals surface area contributed by atoms with Crippen LogP contribution in [0, 0.1) is 11.7 Å². The molecule has 1 amide bonds. The zero-order valence-corrected chi connectivity index (χ0v) is 18.7. The molecule has 1 aromatic rings. The van der Waals surface area contributed by atoms with Crippen LogP contribution in [0.2, 0.25) is 0 Å². The molecule has 1 aromatic carbocycles. The number of nitrogens with one attached hydrogen (secondary N) is 2. The summed E-state index contributed by atoms with van der Waals surface area (Å²) in [5, 5.41) is 2.59. The van der Waals surface area contributed by atoms with Gasteiger partial charge in [-0.2, -0.15) is 13.2 Å². The Hall–Kier alpha value is -1.72. The topological polar surface area (TPSA) is 78.5 Å². The molecule has 11 heteroatoms. The summed E-state index contributed by atoms with van der Waals surface area (Å²) < 4.78 is 77.7. The molecule has 0 atom stereocenters.